The Morgan fingerprint density at radius 1 is 1.00 bits per heavy atom. The molecule has 0 unspecified atom stereocenters. The minimum atomic E-state index is -4.41. The second-order valence-corrected chi connectivity index (χ2v) is 4.53. The van der Waals surface area contributed by atoms with Crippen LogP contribution in [-0.4, -0.2) is 11.8 Å². The summed E-state index contributed by atoms with van der Waals surface area (Å²) in [5, 5.41) is 0. The number of nitrogens with one attached hydrogen (secondary N) is 2. The predicted octanol–water partition coefficient (Wildman–Crippen LogP) is 4.21. The molecule has 23 heavy (non-hydrogen) atoms. The lowest BCUT2D eigenvalue weighted by molar-refractivity contribution is -0.137. The number of hydrogen-bond acceptors (Lipinski definition) is 3. The van der Waals surface area contributed by atoms with Crippen LogP contribution in [0.15, 0.2) is 53.5 Å². The van der Waals surface area contributed by atoms with Gasteiger partial charge in [-0.2, -0.15) is 13.2 Å². The Kier molecular flexibility index (Phi) is 5.53. The zero-order valence-corrected chi connectivity index (χ0v) is 12.5. The summed E-state index contributed by atoms with van der Waals surface area (Å²) in [6, 6.07) is 11.3. The van der Waals surface area contributed by atoms with Gasteiger partial charge in [-0.1, -0.05) is 24.4 Å². The maximum Gasteiger partial charge on any atom is 0.416 e. The number of alkyl halides is 3. The van der Waals surface area contributed by atoms with E-state index < -0.39 is 11.7 Å². The molecule has 0 saturated carbocycles. The van der Waals surface area contributed by atoms with Crippen LogP contribution >= 0.6 is 12.2 Å². The van der Waals surface area contributed by atoms with Crippen LogP contribution in [-0.2, 0) is 6.18 Å². The van der Waals surface area contributed by atoms with E-state index in [0.717, 1.165) is 12.1 Å². The molecule has 0 amide bonds. The average Bonchev–Trinajstić information content (AvgIpc) is 2.51. The summed E-state index contributed by atoms with van der Waals surface area (Å²) in [6.07, 6.45) is -3.03. The highest BCUT2D eigenvalue weighted by molar-refractivity contribution is 7.78. The normalized spacial score (nSPS) is 11.3. The van der Waals surface area contributed by atoms with Crippen LogP contribution in [0.25, 0.3) is 0 Å². The Hall–Kier alpha value is -2.61. The fourth-order valence-corrected chi connectivity index (χ4v) is 1.75. The van der Waals surface area contributed by atoms with E-state index in [9.17, 15) is 13.2 Å². The van der Waals surface area contributed by atoms with Crippen molar-refractivity contribution in [1.82, 2.24) is 10.9 Å². The first kappa shape index (κ1) is 16.8. The third-order valence-electron chi connectivity index (χ3n) is 2.64. The fraction of sp³-hybridized carbons (Fsp3) is 0.0667. The van der Waals surface area contributed by atoms with Crippen LogP contribution in [0.3, 0.4) is 0 Å². The van der Waals surface area contributed by atoms with Crippen molar-refractivity contribution in [3.8, 4) is 11.5 Å². The zero-order chi connectivity index (χ0) is 16.7. The second-order valence-electron chi connectivity index (χ2n) is 4.29. The molecule has 0 spiro atoms. The topological polar surface area (TPSA) is 45.6 Å². The lowest BCUT2D eigenvalue weighted by Gasteiger charge is -2.10. The van der Waals surface area contributed by atoms with Crippen molar-refractivity contribution in [2.75, 3.05) is 0 Å². The molecule has 0 aliphatic carbocycles. The average molecular weight is 339 g/mol. The highest BCUT2D eigenvalue weighted by Gasteiger charge is 2.30. The largest absolute Gasteiger partial charge is 0.457 e. The Labute approximate surface area is 136 Å². The highest BCUT2D eigenvalue weighted by atomic mass is 32.1. The molecule has 0 radical (unpaired) electrons. The molecule has 0 bridgehead atoms. The number of hydrogen-bond donors (Lipinski definition) is 2. The van der Waals surface area contributed by atoms with Crippen molar-refractivity contribution >= 4 is 29.7 Å². The van der Waals surface area contributed by atoms with Gasteiger partial charge in [-0.25, -0.2) is 4.99 Å². The summed E-state index contributed by atoms with van der Waals surface area (Å²) in [6.45, 7) is 0. The third-order valence-corrected chi connectivity index (χ3v) is 2.75. The molecular formula is C15H12F3N3OS. The van der Waals surface area contributed by atoms with Crippen molar-refractivity contribution in [2.45, 2.75) is 6.18 Å². The molecule has 2 N–H and O–H groups in total. The Bertz CT molecular complexity index is 704. The summed E-state index contributed by atoms with van der Waals surface area (Å²) in [7, 11) is 0. The first-order valence-corrected chi connectivity index (χ1v) is 6.88. The van der Waals surface area contributed by atoms with Crippen molar-refractivity contribution in [3.05, 3.63) is 54.1 Å². The minimum Gasteiger partial charge on any atom is -0.457 e. The molecule has 0 aliphatic heterocycles. The molecule has 0 heterocycles. The predicted molar refractivity (Wildman–Crippen MR) is 86.0 cm³/mol. The summed E-state index contributed by atoms with van der Waals surface area (Å²) in [5.41, 5.74) is 6.23. The van der Waals surface area contributed by atoms with Gasteiger partial charge in [0.1, 0.15) is 17.8 Å². The maximum atomic E-state index is 12.7. The van der Waals surface area contributed by atoms with E-state index in [1.54, 1.807) is 24.3 Å². The molecule has 0 aliphatic rings. The number of rotatable bonds is 6. The Morgan fingerprint density at radius 3 is 2.39 bits per heavy atom. The first-order chi connectivity index (χ1) is 11.0. The van der Waals surface area contributed by atoms with E-state index in [2.05, 4.69) is 28.1 Å². The van der Waals surface area contributed by atoms with Gasteiger partial charge in [0, 0.05) is 6.07 Å². The van der Waals surface area contributed by atoms with Gasteiger partial charge in [-0.05, 0) is 30.3 Å². The van der Waals surface area contributed by atoms with Crippen LogP contribution < -0.4 is 15.6 Å². The summed E-state index contributed by atoms with van der Waals surface area (Å²) in [5.74, 6) is 0.475. The van der Waals surface area contributed by atoms with Gasteiger partial charge in [0.15, 0.2) is 0 Å². The molecule has 4 nitrogen and oxygen atoms in total. The first-order valence-electron chi connectivity index (χ1n) is 6.41. The lowest BCUT2D eigenvalue weighted by Crippen LogP contribution is -2.27. The molecule has 2 rings (SSSR count). The Morgan fingerprint density at radius 2 is 1.70 bits per heavy atom. The SMILES string of the molecule is FC(F)(F)c1cccc(Oc2cccc(N=CNNC=S)c2)c1. The van der Waals surface area contributed by atoms with Crippen LogP contribution in [0, 0.1) is 0 Å². The number of halogens is 3. The van der Waals surface area contributed by atoms with Gasteiger partial charge in [-0.3, -0.25) is 10.9 Å². The van der Waals surface area contributed by atoms with E-state index in [0.29, 0.717) is 11.4 Å². The summed E-state index contributed by atoms with van der Waals surface area (Å²) >= 11 is 4.55. The molecule has 0 saturated heterocycles. The monoisotopic (exact) mass is 339 g/mol. The van der Waals surface area contributed by atoms with E-state index >= 15 is 0 Å². The number of ether oxygens (including phenoxy) is 1. The van der Waals surface area contributed by atoms with Gasteiger partial charge >= 0.3 is 6.18 Å². The summed E-state index contributed by atoms with van der Waals surface area (Å²) in [4.78, 5) is 4.08. The number of thiocarbonyl (C=S) groups is 1. The Balaban J connectivity index is 2.11. The molecule has 0 aromatic heterocycles. The van der Waals surface area contributed by atoms with Crippen LogP contribution in [0.4, 0.5) is 18.9 Å². The molecule has 8 heteroatoms. The molecule has 0 fully saturated rings. The van der Waals surface area contributed by atoms with Crippen LogP contribution in [0.1, 0.15) is 5.56 Å². The van der Waals surface area contributed by atoms with Crippen molar-refractivity contribution in [1.29, 1.82) is 0 Å². The molecule has 0 atom stereocenters. The number of hydrazine groups is 1. The quantitative estimate of drug-likeness (QED) is 0.272. The zero-order valence-electron chi connectivity index (χ0n) is 11.7. The van der Waals surface area contributed by atoms with E-state index in [1.165, 1.54) is 24.0 Å². The number of benzene rings is 2. The minimum absolute atomic E-state index is 0.0986. The van der Waals surface area contributed by atoms with E-state index in [-0.39, 0.29) is 5.75 Å². The van der Waals surface area contributed by atoms with Crippen LogP contribution in [0.5, 0.6) is 11.5 Å². The lowest BCUT2D eigenvalue weighted by atomic mass is 10.2. The highest BCUT2D eigenvalue weighted by Crippen LogP contribution is 2.33. The fourth-order valence-electron chi connectivity index (χ4n) is 1.68. The van der Waals surface area contributed by atoms with Gasteiger partial charge in [0.2, 0.25) is 0 Å². The number of aliphatic imine (C=N–C) groups is 1. The van der Waals surface area contributed by atoms with Crippen molar-refractivity contribution < 1.29 is 17.9 Å². The standard InChI is InChI=1S/C15H12F3N3OS/c16-15(17,18)11-3-1-5-13(7-11)22-14-6-2-4-12(8-14)19-9-20-21-10-23/h1-10H,(H,19,20)(H,21,23). The van der Waals surface area contributed by atoms with Crippen molar-refractivity contribution in [2.24, 2.45) is 4.99 Å². The second kappa shape index (κ2) is 7.59. The van der Waals surface area contributed by atoms with Crippen molar-refractivity contribution in [3.63, 3.8) is 0 Å². The molecular weight excluding hydrogens is 327 g/mol. The molecule has 2 aromatic rings. The number of nitrogens with zero attached hydrogens (tertiary/aromatic N) is 1. The van der Waals surface area contributed by atoms with Gasteiger partial charge in [-0.15, -0.1) is 0 Å². The summed E-state index contributed by atoms with van der Waals surface area (Å²) < 4.78 is 43.5. The van der Waals surface area contributed by atoms with Gasteiger partial charge in [0.05, 0.1) is 16.7 Å². The smallest absolute Gasteiger partial charge is 0.416 e. The van der Waals surface area contributed by atoms with E-state index in [1.807, 2.05) is 0 Å². The maximum absolute atomic E-state index is 12.7. The third kappa shape index (κ3) is 5.26. The van der Waals surface area contributed by atoms with Gasteiger partial charge in [0.25, 0.3) is 0 Å². The molecule has 120 valence electrons. The van der Waals surface area contributed by atoms with Crippen LogP contribution in [0.2, 0.25) is 0 Å². The van der Waals surface area contributed by atoms with Gasteiger partial charge < -0.3 is 4.74 Å². The van der Waals surface area contributed by atoms with E-state index in [4.69, 9.17) is 4.74 Å². The molecule has 2 aromatic carbocycles.